The summed E-state index contributed by atoms with van der Waals surface area (Å²) in [5.74, 6) is 0.699. The van der Waals surface area contributed by atoms with Crippen LogP contribution in [0, 0.1) is 6.92 Å². The molecule has 1 aliphatic rings. The van der Waals surface area contributed by atoms with Crippen LogP contribution in [0.5, 0.6) is 0 Å². The van der Waals surface area contributed by atoms with E-state index in [4.69, 9.17) is 5.73 Å². The molecule has 1 fully saturated rings. The van der Waals surface area contributed by atoms with Crippen molar-refractivity contribution in [1.82, 2.24) is 4.98 Å². The number of aromatic nitrogens is 1. The van der Waals surface area contributed by atoms with Gasteiger partial charge in [-0.05, 0) is 19.8 Å². The molecule has 0 bridgehead atoms. The Morgan fingerprint density at radius 2 is 2.30 bits per heavy atom. The summed E-state index contributed by atoms with van der Waals surface area (Å²) >= 11 is 1.60. The third-order valence-corrected chi connectivity index (χ3v) is 2.57. The van der Waals surface area contributed by atoms with Gasteiger partial charge in [-0.15, -0.1) is 11.3 Å². The van der Waals surface area contributed by atoms with Gasteiger partial charge in [0, 0.05) is 5.92 Å². The SMILES string of the molecule is Cc1nc(C2CC2)c(N)s1. The Morgan fingerprint density at radius 1 is 1.60 bits per heavy atom. The Bertz CT molecular complexity index is 250. The average molecular weight is 154 g/mol. The number of hydrogen-bond donors (Lipinski definition) is 1. The maximum Gasteiger partial charge on any atom is 0.110 e. The van der Waals surface area contributed by atoms with Crippen LogP contribution in [0.3, 0.4) is 0 Å². The second kappa shape index (κ2) is 1.95. The summed E-state index contributed by atoms with van der Waals surface area (Å²) in [6.07, 6.45) is 2.57. The molecule has 1 aromatic heterocycles. The Labute approximate surface area is 64.1 Å². The van der Waals surface area contributed by atoms with E-state index < -0.39 is 0 Å². The minimum absolute atomic E-state index is 0.699. The van der Waals surface area contributed by atoms with Gasteiger partial charge in [-0.1, -0.05) is 0 Å². The van der Waals surface area contributed by atoms with Crippen molar-refractivity contribution in [2.24, 2.45) is 0 Å². The molecule has 0 unspecified atom stereocenters. The molecule has 0 aliphatic heterocycles. The first-order valence-electron chi connectivity index (χ1n) is 3.50. The van der Waals surface area contributed by atoms with Gasteiger partial charge >= 0.3 is 0 Å². The second-order valence-corrected chi connectivity index (χ2v) is 3.99. The van der Waals surface area contributed by atoms with E-state index in [1.165, 1.54) is 12.8 Å². The van der Waals surface area contributed by atoms with Gasteiger partial charge in [0.1, 0.15) is 5.00 Å². The lowest BCUT2D eigenvalue weighted by Gasteiger charge is -1.88. The van der Waals surface area contributed by atoms with Crippen LogP contribution in [0.25, 0.3) is 0 Å². The highest BCUT2D eigenvalue weighted by atomic mass is 32.1. The van der Waals surface area contributed by atoms with Crippen LogP contribution in [0.4, 0.5) is 5.00 Å². The number of aryl methyl sites for hydroxylation is 1. The normalized spacial score (nSPS) is 17.7. The van der Waals surface area contributed by atoms with Crippen LogP contribution in [0.1, 0.15) is 29.5 Å². The van der Waals surface area contributed by atoms with Gasteiger partial charge in [-0.3, -0.25) is 0 Å². The molecule has 2 nitrogen and oxygen atoms in total. The quantitative estimate of drug-likeness (QED) is 0.671. The van der Waals surface area contributed by atoms with E-state index in [9.17, 15) is 0 Å². The van der Waals surface area contributed by atoms with Crippen molar-refractivity contribution in [2.75, 3.05) is 5.73 Å². The monoisotopic (exact) mass is 154 g/mol. The number of thiazole rings is 1. The molecule has 0 atom stereocenters. The molecule has 10 heavy (non-hydrogen) atoms. The number of nitrogen functional groups attached to an aromatic ring is 1. The fraction of sp³-hybridized carbons (Fsp3) is 0.571. The minimum atomic E-state index is 0.699. The lowest BCUT2D eigenvalue weighted by Crippen LogP contribution is -1.87. The fourth-order valence-electron chi connectivity index (χ4n) is 1.11. The van der Waals surface area contributed by atoms with Crippen LogP contribution in [-0.2, 0) is 0 Å². The van der Waals surface area contributed by atoms with Crippen LogP contribution in [-0.4, -0.2) is 4.98 Å². The van der Waals surface area contributed by atoms with Crippen LogP contribution >= 0.6 is 11.3 Å². The number of hydrogen-bond acceptors (Lipinski definition) is 3. The summed E-state index contributed by atoms with van der Waals surface area (Å²) < 4.78 is 0. The molecular formula is C7H10N2S. The van der Waals surface area contributed by atoms with E-state index in [1.807, 2.05) is 6.92 Å². The first-order chi connectivity index (χ1) is 4.77. The fourth-order valence-corrected chi connectivity index (χ4v) is 1.89. The topological polar surface area (TPSA) is 38.9 Å². The first kappa shape index (κ1) is 6.16. The smallest absolute Gasteiger partial charge is 0.110 e. The van der Waals surface area contributed by atoms with E-state index >= 15 is 0 Å². The number of nitrogens with two attached hydrogens (primary N) is 1. The summed E-state index contributed by atoms with van der Waals surface area (Å²) in [6, 6.07) is 0. The Kier molecular flexibility index (Phi) is 1.20. The summed E-state index contributed by atoms with van der Waals surface area (Å²) in [5, 5.41) is 2.03. The lowest BCUT2D eigenvalue weighted by molar-refractivity contribution is 1.04. The number of nitrogens with zero attached hydrogens (tertiary/aromatic N) is 1. The van der Waals surface area contributed by atoms with Gasteiger partial charge in [0.25, 0.3) is 0 Å². The predicted molar refractivity (Wildman–Crippen MR) is 43.2 cm³/mol. The summed E-state index contributed by atoms with van der Waals surface area (Å²) in [7, 11) is 0. The minimum Gasteiger partial charge on any atom is -0.389 e. The molecule has 0 aromatic carbocycles. The molecule has 2 rings (SSSR count). The van der Waals surface area contributed by atoms with Crippen molar-refractivity contribution >= 4 is 16.3 Å². The Hall–Kier alpha value is -0.570. The molecular weight excluding hydrogens is 144 g/mol. The van der Waals surface area contributed by atoms with Gasteiger partial charge < -0.3 is 5.73 Å². The largest absolute Gasteiger partial charge is 0.389 e. The van der Waals surface area contributed by atoms with Crippen LogP contribution in [0.15, 0.2) is 0 Å². The van der Waals surface area contributed by atoms with E-state index in [2.05, 4.69) is 4.98 Å². The zero-order chi connectivity index (χ0) is 7.14. The van der Waals surface area contributed by atoms with Crippen molar-refractivity contribution in [1.29, 1.82) is 0 Å². The van der Waals surface area contributed by atoms with Crippen molar-refractivity contribution < 1.29 is 0 Å². The Morgan fingerprint density at radius 3 is 2.70 bits per heavy atom. The van der Waals surface area contributed by atoms with E-state index in [0.717, 1.165) is 15.7 Å². The third-order valence-electron chi connectivity index (χ3n) is 1.75. The predicted octanol–water partition coefficient (Wildman–Crippen LogP) is 1.91. The molecule has 0 radical (unpaired) electrons. The van der Waals surface area contributed by atoms with Gasteiger partial charge in [-0.2, -0.15) is 0 Å². The molecule has 1 heterocycles. The second-order valence-electron chi connectivity index (χ2n) is 2.76. The number of anilines is 1. The summed E-state index contributed by atoms with van der Waals surface area (Å²) in [5.41, 5.74) is 6.89. The Balaban J connectivity index is 2.38. The highest BCUT2D eigenvalue weighted by molar-refractivity contribution is 7.15. The van der Waals surface area contributed by atoms with E-state index in [0.29, 0.717) is 5.92 Å². The summed E-state index contributed by atoms with van der Waals surface area (Å²) in [4.78, 5) is 4.37. The highest BCUT2D eigenvalue weighted by Gasteiger charge is 2.28. The molecule has 0 spiro atoms. The molecule has 0 amide bonds. The molecule has 3 heteroatoms. The maximum atomic E-state index is 5.74. The van der Waals surface area contributed by atoms with Crippen molar-refractivity contribution in [2.45, 2.75) is 25.7 Å². The van der Waals surface area contributed by atoms with Crippen LogP contribution < -0.4 is 5.73 Å². The molecule has 1 saturated carbocycles. The van der Waals surface area contributed by atoms with Gasteiger partial charge in [-0.25, -0.2) is 4.98 Å². The maximum absolute atomic E-state index is 5.74. The average Bonchev–Trinajstić information content (AvgIpc) is 2.61. The van der Waals surface area contributed by atoms with E-state index in [-0.39, 0.29) is 0 Å². The zero-order valence-electron chi connectivity index (χ0n) is 5.92. The van der Waals surface area contributed by atoms with Crippen molar-refractivity contribution in [3.63, 3.8) is 0 Å². The lowest BCUT2D eigenvalue weighted by atomic mass is 10.3. The van der Waals surface area contributed by atoms with Gasteiger partial charge in [0.15, 0.2) is 0 Å². The first-order valence-corrected chi connectivity index (χ1v) is 4.32. The summed E-state index contributed by atoms with van der Waals surface area (Å²) in [6.45, 7) is 2.01. The van der Waals surface area contributed by atoms with E-state index in [1.54, 1.807) is 11.3 Å². The molecule has 1 aromatic rings. The van der Waals surface area contributed by atoms with Crippen molar-refractivity contribution in [3.05, 3.63) is 10.7 Å². The van der Waals surface area contributed by atoms with Gasteiger partial charge in [0.2, 0.25) is 0 Å². The number of rotatable bonds is 1. The molecule has 0 saturated heterocycles. The zero-order valence-corrected chi connectivity index (χ0v) is 6.74. The highest BCUT2D eigenvalue weighted by Crippen LogP contribution is 2.43. The van der Waals surface area contributed by atoms with Crippen LogP contribution in [0.2, 0.25) is 0 Å². The van der Waals surface area contributed by atoms with Crippen molar-refractivity contribution in [3.8, 4) is 0 Å². The third kappa shape index (κ3) is 0.904. The molecule has 1 aliphatic carbocycles. The standard InChI is InChI=1S/C7H10N2S/c1-4-9-6(5-2-3-5)7(8)10-4/h5H,2-3,8H2,1H3. The van der Waals surface area contributed by atoms with Gasteiger partial charge in [0.05, 0.1) is 10.7 Å². The molecule has 54 valence electrons. The molecule has 2 N–H and O–H groups in total.